The zero-order valence-corrected chi connectivity index (χ0v) is 12.5. The summed E-state index contributed by atoms with van der Waals surface area (Å²) < 4.78 is 0. The second-order valence-corrected chi connectivity index (χ2v) is 5.73. The standard InChI is InChI=1S/C16H27N3O/c1-2-8-17-16-6-5-15(11-18-16)13-19-9-3-4-14(12-19)7-10-20/h5-6,11,14,20H,2-4,7-10,12-13H2,1H3,(H,17,18). The molecule has 2 heterocycles. The Hall–Kier alpha value is -1.13. The SMILES string of the molecule is CCCNc1ccc(CN2CCCC(CCO)C2)cn1. The summed E-state index contributed by atoms with van der Waals surface area (Å²) in [6.07, 6.45) is 6.54. The summed E-state index contributed by atoms with van der Waals surface area (Å²) in [6, 6.07) is 4.24. The predicted molar refractivity (Wildman–Crippen MR) is 82.7 cm³/mol. The molecule has 1 aliphatic rings. The Morgan fingerprint density at radius 1 is 1.45 bits per heavy atom. The number of piperidine rings is 1. The lowest BCUT2D eigenvalue weighted by Crippen LogP contribution is -2.35. The van der Waals surface area contributed by atoms with Crippen LogP contribution in [0.1, 0.15) is 38.2 Å². The van der Waals surface area contributed by atoms with Gasteiger partial charge < -0.3 is 10.4 Å². The number of rotatable bonds is 7. The average molecular weight is 277 g/mol. The van der Waals surface area contributed by atoms with E-state index in [0.717, 1.165) is 44.8 Å². The number of aliphatic hydroxyl groups is 1. The highest BCUT2D eigenvalue weighted by Gasteiger charge is 2.19. The summed E-state index contributed by atoms with van der Waals surface area (Å²) in [5.74, 6) is 1.62. The molecule has 1 aromatic heterocycles. The summed E-state index contributed by atoms with van der Waals surface area (Å²) in [4.78, 5) is 6.95. The van der Waals surface area contributed by atoms with Crippen molar-refractivity contribution >= 4 is 5.82 Å². The molecule has 1 saturated heterocycles. The molecular formula is C16H27N3O. The first-order valence-corrected chi connectivity index (χ1v) is 7.84. The van der Waals surface area contributed by atoms with Crippen LogP contribution in [-0.4, -0.2) is 41.2 Å². The van der Waals surface area contributed by atoms with Crippen molar-refractivity contribution in [2.45, 2.75) is 39.2 Å². The van der Waals surface area contributed by atoms with Gasteiger partial charge in [-0.1, -0.05) is 13.0 Å². The topological polar surface area (TPSA) is 48.4 Å². The van der Waals surface area contributed by atoms with Crippen molar-refractivity contribution < 1.29 is 5.11 Å². The Kier molecular flexibility index (Phi) is 6.27. The molecule has 1 fully saturated rings. The van der Waals surface area contributed by atoms with Crippen LogP contribution in [0.5, 0.6) is 0 Å². The van der Waals surface area contributed by atoms with E-state index >= 15 is 0 Å². The Balaban J connectivity index is 1.83. The number of nitrogens with one attached hydrogen (secondary N) is 1. The summed E-state index contributed by atoms with van der Waals surface area (Å²) in [5.41, 5.74) is 1.27. The van der Waals surface area contributed by atoms with Crippen molar-refractivity contribution in [2.24, 2.45) is 5.92 Å². The van der Waals surface area contributed by atoms with Crippen LogP contribution in [0.3, 0.4) is 0 Å². The number of aromatic nitrogens is 1. The van der Waals surface area contributed by atoms with Crippen LogP contribution in [0, 0.1) is 5.92 Å². The normalized spacial score (nSPS) is 20.0. The van der Waals surface area contributed by atoms with Crippen molar-refractivity contribution in [1.29, 1.82) is 0 Å². The van der Waals surface area contributed by atoms with Crippen LogP contribution in [0.15, 0.2) is 18.3 Å². The lowest BCUT2D eigenvalue weighted by molar-refractivity contribution is 0.142. The molecule has 1 unspecified atom stereocenters. The summed E-state index contributed by atoms with van der Waals surface area (Å²) in [5, 5.41) is 12.4. The molecule has 0 saturated carbocycles. The van der Waals surface area contributed by atoms with Crippen molar-refractivity contribution in [3.8, 4) is 0 Å². The fourth-order valence-corrected chi connectivity index (χ4v) is 2.85. The smallest absolute Gasteiger partial charge is 0.125 e. The van der Waals surface area contributed by atoms with E-state index in [9.17, 15) is 0 Å². The van der Waals surface area contributed by atoms with E-state index in [1.807, 2.05) is 6.20 Å². The van der Waals surface area contributed by atoms with Crippen LogP contribution < -0.4 is 5.32 Å². The Morgan fingerprint density at radius 2 is 2.35 bits per heavy atom. The Labute approximate surface area is 122 Å². The third kappa shape index (κ3) is 4.76. The second kappa shape index (κ2) is 8.22. The number of aliphatic hydroxyl groups excluding tert-OH is 1. The molecule has 4 heteroatoms. The van der Waals surface area contributed by atoms with E-state index < -0.39 is 0 Å². The van der Waals surface area contributed by atoms with E-state index in [0.29, 0.717) is 12.5 Å². The molecule has 0 aromatic carbocycles. The number of hydrogen-bond acceptors (Lipinski definition) is 4. The predicted octanol–water partition coefficient (Wildman–Crippen LogP) is 2.50. The van der Waals surface area contributed by atoms with Crippen LogP contribution in [0.4, 0.5) is 5.82 Å². The average Bonchev–Trinajstić information content (AvgIpc) is 2.47. The molecule has 0 spiro atoms. The third-order valence-corrected chi connectivity index (χ3v) is 3.93. The van der Waals surface area contributed by atoms with E-state index in [2.05, 4.69) is 34.3 Å². The molecule has 0 aliphatic carbocycles. The van der Waals surface area contributed by atoms with Gasteiger partial charge in [0.1, 0.15) is 5.82 Å². The van der Waals surface area contributed by atoms with Gasteiger partial charge in [-0.2, -0.15) is 0 Å². The van der Waals surface area contributed by atoms with E-state index in [4.69, 9.17) is 5.11 Å². The van der Waals surface area contributed by atoms with Crippen LogP contribution in [0.2, 0.25) is 0 Å². The van der Waals surface area contributed by atoms with Crippen LogP contribution >= 0.6 is 0 Å². The second-order valence-electron chi connectivity index (χ2n) is 5.73. The molecule has 0 amide bonds. The molecule has 4 nitrogen and oxygen atoms in total. The largest absolute Gasteiger partial charge is 0.396 e. The zero-order valence-electron chi connectivity index (χ0n) is 12.5. The van der Waals surface area contributed by atoms with Gasteiger partial charge in [0.15, 0.2) is 0 Å². The Morgan fingerprint density at radius 3 is 3.05 bits per heavy atom. The highest BCUT2D eigenvalue weighted by molar-refractivity contribution is 5.35. The Bertz CT molecular complexity index is 378. The number of pyridine rings is 1. The minimum absolute atomic E-state index is 0.317. The molecule has 112 valence electrons. The molecule has 20 heavy (non-hydrogen) atoms. The van der Waals surface area contributed by atoms with Gasteiger partial charge in [-0.3, -0.25) is 4.90 Å². The first-order valence-electron chi connectivity index (χ1n) is 7.84. The highest BCUT2D eigenvalue weighted by atomic mass is 16.3. The third-order valence-electron chi connectivity index (χ3n) is 3.93. The molecule has 1 atom stereocenters. The maximum absolute atomic E-state index is 9.06. The molecule has 2 rings (SSSR count). The molecule has 1 aliphatic heterocycles. The fraction of sp³-hybridized carbons (Fsp3) is 0.688. The quantitative estimate of drug-likeness (QED) is 0.804. The molecule has 1 aromatic rings. The van der Waals surface area contributed by atoms with Gasteiger partial charge in [0.25, 0.3) is 0 Å². The lowest BCUT2D eigenvalue weighted by atomic mass is 9.95. The minimum Gasteiger partial charge on any atom is -0.396 e. The first-order chi connectivity index (χ1) is 9.81. The van der Waals surface area contributed by atoms with Gasteiger partial charge in [0.05, 0.1) is 0 Å². The van der Waals surface area contributed by atoms with Crippen LogP contribution in [-0.2, 0) is 6.54 Å². The number of nitrogens with zero attached hydrogens (tertiary/aromatic N) is 2. The van der Waals surface area contributed by atoms with Gasteiger partial charge in [-0.05, 0) is 49.8 Å². The highest BCUT2D eigenvalue weighted by Crippen LogP contribution is 2.21. The summed E-state index contributed by atoms with van der Waals surface area (Å²) >= 11 is 0. The van der Waals surface area contributed by atoms with E-state index in [1.165, 1.54) is 18.4 Å². The minimum atomic E-state index is 0.317. The van der Waals surface area contributed by atoms with Crippen molar-refractivity contribution in [3.05, 3.63) is 23.9 Å². The molecule has 0 bridgehead atoms. The molecule has 0 radical (unpaired) electrons. The van der Waals surface area contributed by atoms with Crippen molar-refractivity contribution in [1.82, 2.24) is 9.88 Å². The maximum Gasteiger partial charge on any atom is 0.125 e. The van der Waals surface area contributed by atoms with Gasteiger partial charge in [-0.15, -0.1) is 0 Å². The molecule has 2 N–H and O–H groups in total. The van der Waals surface area contributed by atoms with Crippen LogP contribution in [0.25, 0.3) is 0 Å². The number of anilines is 1. The van der Waals surface area contributed by atoms with Gasteiger partial charge in [0.2, 0.25) is 0 Å². The summed E-state index contributed by atoms with van der Waals surface area (Å²) in [7, 11) is 0. The van der Waals surface area contributed by atoms with Gasteiger partial charge >= 0.3 is 0 Å². The van der Waals surface area contributed by atoms with E-state index in [-0.39, 0.29) is 0 Å². The maximum atomic E-state index is 9.06. The molecular weight excluding hydrogens is 250 g/mol. The summed E-state index contributed by atoms with van der Waals surface area (Å²) in [6.45, 7) is 6.69. The lowest BCUT2D eigenvalue weighted by Gasteiger charge is -2.32. The zero-order chi connectivity index (χ0) is 14.2. The number of hydrogen-bond donors (Lipinski definition) is 2. The van der Waals surface area contributed by atoms with E-state index in [1.54, 1.807) is 0 Å². The van der Waals surface area contributed by atoms with Gasteiger partial charge in [-0.25, -0.2) is 4.98 Å². The number of likely N-dealkylation sites (tertiary alicyclic amines) is 1. The first kappa shape index (κ1) is 15.3. The fourth-order valence-electron chi connectivity index (χ4n) is 2.85. The van der Waals surface area contributed by atoms with Gasteiger partial charge in [0, 0.05) is 32.4 Å². The van der Waals surface area contributed by atoms with Crippen molar-refractivity contribution in [2.75, 3.05) is 31.6 Å². The monoisotopic (exact) mass is 277 g/mol. The van der Waals surface area contributed by atoms with Crippen molar-refractivity contribution in [3.63, 3.8) is 0 Å².